The highest BCUT2D eigenvalue weighted by molar-refractivity contribution is 6.30. The van der Waals surface area contributed by atoms with Crippen molar-refractivity contribution in [3.63, 3.8) is 0 Å². The smallest absolute Gasteiger partial charge is 0.319 e. The van der Waals surface area contributed by atoms with Crippen LogP contribution in [0.3, 0.4) is 0 Å². The second-order valence-electron chi connectivity index (χ2n) is 6.77. The molecule has 0 bridgehead atoms. The molecule has 2 aromatic rings. The van der Waals surface area contributed by atoms with Crippen molar-refractivity contribution in [2.75, 3.05) is 5.32 Å². The Kier molecular flexibility index (Phi) is 4.41. The highest BCUT2D eigenvalue weighted by Crippen LogP contribution is 2.39. The molecule has 1 aliphatic heterocycles. The summed E-state index contributed by atoms with van der Waals surface area (Å²) in [5.74, 6) is 0.833. The Morgan fingerprint density at radius 2 is 2.04 bits per heavy atom. The molecule has 4 nitrogen and oxygen atoms in total. The largest absolute Gasteiger partial charge is 0.487 e. The van der Waals surface area contributed by atoms with Crippen molar-refractivity contribution in [2.24, 2.45) is 0 Å². The molecule has 0 radical (unpaired) electrons. The third-order valence-corrected chi connectivity index (χ3v) is 4.25. The molecule has 2 aromatic carbocycles. The molecule has 0 saturated carbocycles. The van der Waals surface area contributed by atoms with E-state index in [0.29, 0.717) is 17.1 Å². The molecule has 1 aliphatic rings. The molecule has 126 valence electrons. The molecular formula is C19H21ClN2O2. The van der Waals surface area contributed by atoms with E-state index in [1.165, 1.54) is 0 Å². The van der Waals surface area contributed by atoms with Gasteiger partial charge in [-0.05, 0) is 50.6 Å². The lowest BCUT2D eigenvalue weighted by Crippen LogP contribution is -2.42. The van der Waals surface area contributed by atoms with E-state index in [9.17, 15) is 4.79 Å². The maximum Gasteiger partial charge on any atom is 0.319 e. The van der Waals surface area contributed by atoms with Gasteiger partial charge in [-0.25, -0.2) is 4.79 Å². The molecular weight excluding hydrogens is 324 g/mol. The first kappa shape index (κ1) is 16.7. The standard InChI is InChI=1S/C19H21ClN2O2/c1-12-7-8-15-16(11-19(2,3)24-17(15)9-12)22-18(23)21-14-6-4-5-13(20)10-14/h4-10,16H,11H2,1-3H3,(H2,21,22,23)/t16-/m0/s1. The van der Waals surface area contributed by atoms with Gasteiger partial charge < -0.3 is 15.4 Å². The summed E-state index contributed by atoms with van der Waals surface area (Å²) in [6, 6.07) is 12.8. The summed E-state index contributed by atoms with van der Waals surface area (Å²) in [5, 5.41) is 6.45. The number of benzene rings is 2. The van der Waals surface area contributed by atoms with E-state index in [1.54, 1.807) is 24.3 Å². The van der Waals surface area contributed by atoms with Gasteiger partial charge in [0, 0.05) is 22.7 Å². The quantitative estimate of drug-likeness (QED) is 0.798. The molecule has 24 heavy (non-hydrogen) atoms. The lowest BCUT2D eigenvalue weighted by Gasteiger charge is -2.38. The predicted octanol–water partition coefficient (Wildman–Crippen LogP) is 5.07. The zero-order valence-corrected chi connectivity index (χ0v) is 14.8. The number of ether oxygens (including phenoxy) is 1. The summed E-state index contributed by atoms with van der Waals surface area (Å²) in [6.45, 7) is 6.09. The molecule has 2 N–H and O–H groups in total. The Morgan fingerprint density at radius 1 is 1.25 bits per heavy atom. The minimum atomic E-state index is -0.338. The molecule has 0 unspecified atom stereocenters. The number of carbonyl (C=O) groups is 1. The van der Waals surface area contributed by atoms with Gasteiger partial charge in [0.2, 0.25) is 0 Å². The van der Waals surface area contributed by atoms with E-state index < -0.39 is 0 Å². The number of urea groups is 1. The molecule has 1 atom stereocenters. The van der Waals surface area contributed by atoms with E-state index in [0.717, 1.165) is 16.9 Å². The number of anilines is 1. The number of amides is 2. The maximum atomic E-state index is 12.4. The topological polar surface area (TPSA) is 50.4 Å². The summed E-state index contributed by atoms with van der Waals surface area (Å²) in [5.41, 5.74) is 2.46. The Hall–Kier alpha value is -2.20. The van der Waals surface area contributed by atoms with Crippen molar-refractivity contribution in [3.8, 4) is 5.75 Å². The van der Waals surface area contributed by atoms with Gasteiger partial charge in [-0.1, -0.05) is 29.8 Å². The van der Waals surface area contributed by atoms with Crippen LogP contribution in [0.2, 0.25) is 5.02 Å². The van der Waals surface area contributed by atoms with Crippen molar-refractivity contribution in [1.82, 2.24) is 5.32 Å². The molecule has 0 spiro atoms. The summed E-state index contributed by atoms with van der Waals surface area (Å²) in [6.07, 6.45) is 0.700. The summed E-state index contributed by atoms with van der Waals surface area (Å²) < 4.78 is 6.06. The van der Waals surface area contributed by atoms with E-state index in [1.807, 2.05) is 39.0 Å². The Labute approximate surface area is 147 Å². The minimum absolute atomic E-state index is 0.108. The molecule has 0 fully saturated rings. The van der Waals surface area contributed by atoms with Crippen LogP contribution in [0.15, 0.2) is 42.5 Å². The third kappa shape index (κ3) is 3.82. The van der Waals surface area contributed by atoms with Gasteiger partial charge in [-0.3, -0.25) is 0 Å². The number of aryl methyl sites for hydroxylation is 1. The average molecular weight is 345 g/mol. The summed E-state index contributed by atoms with van der Waals surface area (Å²) >= 11 is 5.95. The lowest BCUT2D eigenvalue weighted by molar-refractivity contribution is 0.0682. The fourth-order valence-electron chi connectivity index (χ4n) is 2.98. The monoisotopic (exact) mass is 344 g/mol. The highest BCUT2D eigenvalue weighted by Gasteiger charge is 2.34. The first-order valence-corrected chi connectivity index (χ1v) is 8.33. The SMILES string of the molecule is Cc1ccc2c(c1)OC(C)(C)C[C@@H]2NC(=O)Nc1cccc(Cl)c1. The van der Waals surface area contributed by atoms with E-state index in [-0.39, 0.29) is 17.7 Å². The molecule has 1 heterocycles. The molecule has 0 aliphatic carbocycles. The number of carbonyl (C=O) groups excluding carboxylic acids is 1. The van der Waals surface area contributed by atoms with E-state index in [4.69, 9.17) is 16.3 Å². The molecule has 2 amide bonds. The van der Waals surface area contributed by atoms with Crippen LogP contribution in [0, 0.1) is 6.92 Å². The van der Waals surface area contributed by atoms with Crippen LogP contribution in [0.1, 0.15) is 37.4 Å². The number of fused-ring (bicyclic) bond motifs is 1. The van der Waals surface area contributed by atoms with Gasteiger partial charge in [0.25, 0.3) is 0 Å². The van der Waals surface area contributed by atoms with Crippen molar-refractivity contribution >= 4 is 23.3 Å². The molecule has 0 saturated heterocycles. The molecule has 0 aromatic heterocycles. The second-order valence-corrected chi connectivity index (χ2v) is 7.20. The maximum absolute atomic E-state index is 12.4. The van der Waals surface area contributed by atoms with Crippen LogP contribution in [0.5, 0.6) is 5.75 Å². The number of nitrogens with one attached hydrogen (secondary N) is 2. The Morgan fingerprint density at radius 3 is 2.79 bits per heavy atom. The van der Waals surface area contributed by atoms with Crippen LogP contribution in [-0.4, -0.2) is 11.6 Å². The Bertz CT molecular complexity index is 774. The second kappa shape index (κ2) is 6.36. The number of hydrogen-bond acceptors (Lipinski definition) is 2. The number of halogens is 1. The van der Waals surface area contributed by atoms with Gasteiger partial charge in [0.15, 0.2) is 0 Å². The lowest BCUT2D eigenvalue weighted by atomic mass is 9.89. The fourth-order valence-corrected chi connectivity index (χ4v) is 3.17. The average Bonchev–Trinajstić information content (AvgIpc) is 2.45. The molecule has 5 heteroatoms. The van der Waals surface area contributed by atoms with Crippen LogP contribution in [-0.2, 0) is 0 Å². The van der Waals surface area contributed by atoms with E-state index in [2.05, 4.69) is 10.6 Å². The summed E-state index contributed by atoms with van der Waals surface area (Å²) in [7, 11) is 0. The number of hydrogen-bond donors (Lipinski definition) is 2. The van der Waals surface area contributed by atoms with Gasteiger partial charge in [-0.2, -0.15) is 0 Å². The Balaban J connectivity index is 1.78. The normalized spacial score (nSPS) is 18.2. The van der Waals surface area contributed by atoms with Crippen LogP contribution in [0.25, 0.3) is 0 Å². The van der Waals surface area contributed by atoms with Gasteiger partial charge in [-0.15, -0.1) is 0 Å². The zero-order chi connectivity index (χ0) is 17.3. The zero-order valence-electron chi connectivity index (χ0n) is 14.0. The van der Waals surface area contributed by atoms with Crippen molar-refractivity contribution < 1.29 is 9.53 Å². The van der Waals surface area contributed by atoms with E-state index >= 15 is 0 Å². The third-order valence-electron chi connectivity index (χ3n) is 4.01. The van der Waals surface area contributed by atoms with Crippen LogP contribution < -0.4 is 15.4 Å². The molecule has 3 rings (SSSR count). The minimum Gasteiger partial charge on any atom is -0.487 e. The summed E-state index contributed by atoms with van der Waals surface area (Å²) in [4.78, 5) is 12.4. The van der Waals surface area contributed by atoms with Crippen molar-refractivity contribution in [1.29, 1.82) is 0 Å². The first-order valence-electron chi connectivity index (χ1n) is 7.95. The van der Waals surface area contributed by atoms with Gasteiger partial charge >= 0.3 is 6.03 Å². The fraction of sp³-hybridized carbons (Fsp3) is 0.316. The number of rotatable bonds is 2. The first-order chi connectivity index (χ1) is 11.3. The van der Waals surface area contributed by atoms with Crippen LogP contribution >= 0.6 is 11.6 Å². The van der Waals surface area contributed by atoms with Crippen molar-refractivity contribution in [2.45, 2.75) is 38.8 Å². The highest BCUT2D eigenvalue weighted by atomic mass is 35.5. The van der Waals surface area contributed by atoms with Crippen molar-refractivity contribution in [3.05, 3.63) is 58.6 Å². The van der Waals surface area contributed by atoms with Gasteiger partial charge in [0.1, 0.15) is 11.4 Å². The van der Waals surface area contributed by atoms with Gasteiger partial charge in [0.05, 0.1) is 6.04 Å². The predicted molar refractivity (Wildman–Crippen MR) is 96.9 cm³/mol. The van der Waals surface area contributed by atoms with Crippen LogP contribution in [0.4, 0.5) is 10.5 Å².